The Hall–Kier alpha value is -1.49. The van der Waals surface area contributed by atoms with Gasteiger partial charge in [-0.05, 0) is 32.1 Å². The van der Waals surface area contributed by atoms with Crippen LogP contribution in [0.2, 0.25) is 0 Å². The van der Waals surface area contributed by atoms with E-state index in [9.17, 15) is 14.4 Å². The van der Waals surface area contributed by atoms with Gasteiger partial charge in [0.1, 0.15) is 11.7 Å². The van der Waals surface area contributed by atoms with Crippen LogP contribution in [0.25, 0.3) is 0 Å². The quantitative estimate of drug-likeness (QED) is 0.129. The van der Waals surface area contributed by atoms with Crippen LogP contribution in [0.15, 0.2) is 12.2 Å². The smallest absolute Gasteiger partial charge is 0.264 e. The van der Waals surface area contributed by atoms with E-state index in [0.717, 1.165) is 32.1 Å². The van der Waals surface area contributed by atoms with Crippen LogP contribution >= 0.6 is 0 Å². The molecule has 5 heteroatoms. The molecule has 0 aromatic rings. The minimum absolute atomic E-state index is 0.0859. The molecule has 0 radical (unpaired) electrons. The number of hydroxylamine groups is 2. The van der Waals surface area contributed by atoms with E-state index in [1.165, 1.54) is 51.4 Å². The van der Waals surface area contributed by atoms with Gasteiger partial charge in [-0.25, -0.2) is 0 Å². The summed E-state index contributed by atoms with van der Waals surface area (Å²) in [5.74, 6) is -2.62. The van der Waals surface area contributed by atoms with E-state index in [-0.39, 0.29) is 17.3 Å². The fourth-order valence-corrected chi connectivity index (χ4v) is 3.41. The molecule has 5 nitrogen and oxygen atoms in total. The van der Waals surface area contributed by atoms with Gasteiger partial charge in [-0.3, -0.25) is 19.6 Å². The third-order valence-electron chi connectivity index (χ3n) is 5.20. The third kappa shape index (κ3) is 9.85. The van der Waals surface area contributed by atoms with E-state index < -0.39 is 17.7 Å². The Morgan fingerprint density at radius 1 is 0.926 bits per heavy atom. The maximum atomic E-state index is 12.0. The molecule has 1 unspecified atom stereocenters. The van der Waals surface area contributed by atoms with Crippen LogP contribution in [0.4, 0.5) is 0 Å². The molecule has 0 spiro atoms. The third-order valence-corrected chi connectivity index (χ3v) is 5.20. The molecular weight excluding hydrogens is 342 g/mol. The molecule has 1 aliphatic heterocycles. The van der Waals surface area contributed by atoms with Crippen LogP contribution in [0.3, 0.4) is 0 Å². The number of ketones is 1. The highest BCUT2D eigenvalue weighted by atomic mass is 16.5. The first-order valence-corrected chi connectivity index (χ1v) is 10.8. The van der Waals surface area contributed by atoms with Gasteiger partial charge >= 0.3 is 0 Å². The topological polar surface area (TPSA) is 74.7 Å². The molecule has 0 aromatic carbocycles. The average molecular weight is 380 g/mol. The summed E-state index contributed by atoms with van der Waals surface area (Å²) in [7, 11) is 0. The first-order chi connectivity index (χ1) is 13.1. The van der Waals surface area contributed by atoms with Gasteiger partial charge in [0.05, 0.1) is 0 Å². The normalized spacial score (nSPS) is 17.4. The van der Waals surface area contributed by atoms with Gasteiger partial charge in [0.15, 0.2) is 0 Å². The number of allylic oxidation sites excluding steroid dienone is 2. The maximum absolute atomic E-state index is 12.0. The first-order valence-electron chi connectivity index (χ1n) is 10.8. The molecule has 1 saturated heterocycles. The lowest BCUT2D eigenvalue weighted by Gasteiger charge is -2.06. The van der Waals surface area contributed by atoms with Crippen molar-refractivity contribution < 1.29 is 19.6 Å². The van der Waals surface area contributed by atoms with Crippen molar-refractivity contribution in [2.75, 3.05) is 0 Å². The number of amides is 2. The zero-order valence-electron chi connectivity index (χ0n) is 17.0. The van der Waals surface area contributed by atoms with E-state index in [1.54, 1.807) is 0 Å². The van der Waals surface area contributed by atoms with Crippen molar-refractivity contribution in [3.63, 3.8) is 0 Å². The number of rotatable bonds is 16. The Morgan fingerprint density at radius 2 is 1.44 bits per heavy atom. The molecule has 1 atom stereocenters. The van der Waals surface area contributed by atoms with Crippen molar-refractivity contribution in [1.82, 2.24) is 5.06 Å². The highest BCUT2D eigenvalue weighted by molar-refractivity contribution is 6.13. The SMILES string of the molecule is CCCCCCCC/C=C\CCCCCCCC(=O)C1CC(=O)N(O)C1=O. The summed E-state index contributed by atoms with van der Waals surface area (Å²) in [5, 5.41) is 9.25. The van der Waals surface area contributed by atoms with Crippen molar-refractivity contribution in [2.45, 2.75) is 103 Å². The van der Waals surface area contributed by atoms with Crippen LogP contribution in [0.5, 0.6) is 0 Å². The predicted molar refractivity (Wildman–Crippen MR) is 106 cm³/mol. The lowest BCUT2D eigenvalue weighted by atomic mass is 9.97. The number of hydrogen-bond acceptors (Lipinski definition) is 4. The van der Waals surface area contributed by atoms with Crippen molar-refractivity contribution in [3.05, 3.63) is 12.2 Å². The number of unbranched alkanes of at least 4 members (excludes halogenated alkanes) is 11. The molecule has 2 amide bonds. The molecular formula is C22H37NO4. The van der Waals surface area contributed by atoms with Gasteiger partial charge < -0.3 is 0 Å². The Balaban J connectivity index is 1.90. The lowest BCUT2D eigenvalue weighted by molar-refractivity contribution is -0.172. The fourth-order valence-electron chi connectivity index (χ4n) is 3.41. The Morgan fingerprint density at radius 3 is 1.96 bits per heavy atom. The molecule has 27 heavy (non-hydrogen) atoms. The van der Waals surface area contributed by atoms with E-state index >= 15 is 0 Å². The number of imide groups is 1. The number of Topliss-reactive ketones (excluding diaryl/α,β-unsaturated/α-hetero) is 1. The standard InChI is InChI=1S/C22H37NO4/c1-2-3-4-5-6-7-8-9-10-11-12-13-14-15-16-17-20(24)19-18-21(25)23(27)22(19)26/h9-10,19,27H,2-8,11-18H2,1H3/b10-9-. The molecule has 0 saturated carbocycles. The van der Waals surface area contributed by atoms with E-state index in [2.05, 4.69) is 19.1 Å². The second-order valence-corrected chi connectivity index (χ2v) is 7.60. The van der Waals surface area contributed by atoms with Crippen LogP contribution in [0.1, 0.15) is 103 Å². The van der Waals surface area contributed by atoms with Gasteiger partial charge in [0, 0.05) is 12.8 Å². The van der Waals surface area contributed by atoms with Crippen LogP contribution < -0.4 is 0 Å². The van der Waals surface area contributed by atoms with Gasteiger partial charge in [-0.15, -0.1) is 0 Å². The molecule has 1 aliphatic rings. The monoisotopic (exact) mass is 379 g/mol. The summed E-state index contributed by atoms with van der Waals surface area (Å²) < 4.78 is 0. The van der Waals surface area contributed by atoms with E-state index in [1.807, 2.05) is 0 Å². The summed E-state index contributed by atoms with van der Waals surface area (Å²) >= 11 is 0. The summed E-state index contributed by atoms with van der Waals surface area (Å²) in [6.45, 7) is 2.24. The fraction of sp³-hybridized carbons (Fsp3) is 0.773. The highest BCUT2D eigenvalue weighted by Gasteiger charge is 2.41. The average Bonchev–Trinajstić information content (AvgIpc) is 2.92. The lowest BCUT2D eigenvalue weighted by Crippen LogP contribution is -2.29. The largest absolute Gasteiger partial charge is 0.299 e. The maximum Gasteiger partial charge on any atom is 0.264 e. The molecule has 1 N–H and O–H groups in total. The first kappa shape index (κ1) is 23.5. The molecule has 1 fully saturated rings. The second kappa shape index (κ2) is 14.6. The number of hydrogen-bond donors (Lipinski definition) is 1. The van der Waals surface area contributed by atoms with Gasteiger partial charge in [0.2, 0.25) is 0 Å². The van der Waals surface area contributed by atoms with Crippen molar-refractivity contribution in [1.29, 1.82) is 0 Å². The summed E-state index contributed by atoms with van der Waals surface area (Å²) in [5.41, 5.74) is 0. The molecule has 0 aromatic heterocycles. The second-order valence-electron chi connectivity index (χ2n) is 7.60. The van der Waals surface area contributed by atoms with E-state index in [4.69, 9.17) is 5.21 Å². The molecule has 154 valence electrons. The minimum atomic E-state index is -0.959. The summed E-state index contributed by atoms with van der Waals surface area (Å²) in [6.07, 6.45) is 20.2. The molecule has 1 rings (SSSR count). The van der Waals surface area contributed by atoms with Crippen molar-refractivity contribution in [2.24, 2.45) is 5.92 Å². The van der Waals surface area contributed by atoms with Crippen molar-refractivity contribution in [3.8, 4) is 0 Å². The van der Waals surface area contributed by atoms with Gasteiger partial charge in [-0.2, -0.15) is 5.06 Å². The predicted octanol–water partition coefficient (Wildman–Crippen LogP) is 5.36. The summed E-state index contributed by atoms with van der Waals surface area (Å²) in [4.78, 5) is 34.7. The summed E-state index contributed by atoms with van der Waals surface area (Å²) in [6, 6.07) is 0. The zero-order chi connectivity index (χ0) is 19.9. The Bertz CT molecular complexity index is 487. The number of nitrogens with zero attached hydrogens (tertiary/aromatic N) is 1. The molecule has 1 heterocycles. The number of carbonyl (C=O) groups is 3. The van der Waals surface area contributed by atoms with Crippen molar-refractivity contribution >= 4 is 17.6 Å². The highest BCUT2D eigenvalue weighted by Crippen LogP contribution is 2.21. The van der Waals surface area contributed by atoms with Gasteiger partial charge in [0.25, 0.3) is 11.8 Å². The molecule has 0 aliphatic carbocycles. The zero-order valence-corrected chi connectivity index (χ0v) is 17.0. The van der Waals surface area contributed by atoms with Crippen LogP contribution in [0, 0.1) is 5.92 Å². The number of carbonyl (C=O) groups excluding carboxylic acids is 3. The van der Waals surface area contributed by atoms with Crippen LogP contribution in [-0.2, 0) is 14.4 Å². The Labute approximate surface area is 164 Å². The van der Waals surface area contributed by atoms with Crippen LogP contribution in [-0.4, -0.2) is 27.9 Å². The molecule has 0 bridgehead atoms. The minimum Gasteiger partial charge on any atom is -0.299 e. The van der Waals surface area contributed by atoms with E-state index in [0.29, 0.717) is 6.42 Å². The Kier molecular flexibility index (Phi) is 12.7. The van der Waals surface area contributed by atoms with Gasteiger partial charge in [-0.1, -0.05) is 70.4 Å².